The zero-order valence-corrected chi connectivity index (χ0v) is 16.1. The van der Waals surface area contributed by atoms with Crippen molar-refractivity contribution in [2.75, 3.05) is 13.7 Å². The summed E-state index contributed by atoms with van der Waals surface area (Å²) in [5.74, 6) is 0.820. The third-order valence-electron chi connectivity index (χ3n) is 6.81. The fourth-order valence-electron chi connectivity index (χ4n) is 5.04. The van der Waals surface area contributed by atoms with Crippen LogP contribution in [0, 0.1) is 18.3 Å². The number of hydrogen-bond donors (Lipinski definition) is 0. The SMILES string of the molecule is CCc1cc(C)cc(C2CC(N(C)C(=O)C3CC4(COC(=O)C4)C3)C2)c1. The van der Waals surface area contributed by atoms with E-state index in [2.05, 4.69) is 32.0 Å². The van der Waals surface area contributed by atoms with Crippen molar-refractivity contribution in [2.45, 2.75) is 64.3 Å². The van der Waals surface area contributed by atoms with Crippen LogP contribution in [0.3, 0.4) is 0 Å². The van der Waals surface area contributed by atoms with Crippen molar-refractivity contribution in [1.82, 2.24) is 4.90 Å². The number of rotatable bonds is 4. The smallest absolute Gasteiger partial charge is 0.306 e. The summed E-state index contributed by atoms with van der Waals surface area (Å²) in [7, 11) is 1.96. The van der Waals surface area contributed by atoms with Crippen molar-refractivity contribution in [2.24, 2.45) is 11.3 Å². The number of benzene rings is 1. The first kappa shape index (κ1) is 17.6. The molecule has 0 radical (unpaired) electrons. The Balaban J connectivity index is 1.31. The monoisotopic (exact) mass is 355 g/mol. The molecular weight excluding hydrogens is 326 g/mol. The number of ether oxygens (including phenoxy) is 1. The van der Waals surface area contributed by atoms with E-state index >= 15 is 0 Å². The number of esters is 1. The number of hydrogen-bond acceptors (Lipinski definition) is 3. The average molecular weight is 355 g/mol. The highest BCUT2D eigenvalue weighted by molar-refractivity contribution is 5.81. The zero-order chi connectivity index (χ0) is 18.5. The van der Waals surface area contributed by atoms with Crippen molar-refractivity contribution in [3.05, 3.63) is 34.9 Å². The second-order valence-corrected chi connectivity index (χ2v) is 8.82. The van der Waals surface area contributed by atoms with Gasteiger partial charge in [0.2, 0.25) is 5.91 Å². The number of nitrogens with zero attached hydrogens (tertiary/aromatic N) is 1. The summed E-state index contributed by atoms with van der Waals surface area (Å²) in [5.41, 5.74) is 4.14. The second-order valence-electron chi connectivity index (χ2n) is 8.82. The van der Waals surface area contributed by atoms with E-state index in [1.807, 2.05) is 11.9 Å². The molecule has 140 valence electrons. The van der Waals surface area contributed by atoms with Crippen molar-refractivity contribution >= 4 is 11.9 Å². The zero-order valence-electron chi connectivity index (χ0n) is 16.1. The molecule has 26 heavy (non-hydrogen) atoms. The standard InChI is InChI=1S/C22H29NO3/c1-4-15-5-14(2)6-16(7-15)17-8-19(9-17)23(3)21(25)18-10-22(11-18)12-20(24)26-13-22/h5-7,17-19H,4,8-13H2,1-3H3. The lowest BCUT2D eigenvalue weighted by molar-refractivity contribution is -0.146. The molecule has 0 bridgehead atoms. The van der Waals surface area contributed by atoms with Crippen LogP contribution in [-0.4, -0.2) is 36.5 Å². The first-order chi connectivity index (χ1) is 12.4. The van der Waals surface area contributed by atoms with E-state index in [0.717, 1.165) is 32.1 Å². The van der Waals surface area contributed by atoms with Gasteiger partial charge >= 0.3 is 5.97 Å². The summed E-state index contributed by atoms with van der Waals surface area (Å²) in [5, 5.41) is 0. The van der Waals surface area contributed by atoms with Crippen LogP contribution in [0.4, 0.5) is 0 Å². The maximum absolute atomic E-state index is 12.8. The summed E-state index contributed by atoms with van der Waals surface area (Å²) < 4.78 is 5.11. The minimum absolute atomic E-state index is 0.0292. The Morgan fingerprint density at radius 1 is 1.27 bits per heavy atom. The Bertz CT molecular complexity index is 729. The first-order valence-electron chi connectivity index (χ1n) is 9.92. The Morgan fingerprint density at radius 2 is 2.00 bits per heavy atom. The third-order valence-corrected chi connectivity index (χ3v) is 6.81. The second kappa shape index (κ2) is 6.40. The third kappa shape index (κ3) is 3.04. The highest BCUT2D eigenvalue weighted by Crippen LogP contribution is 2.52. The van der Waals surface area contributed by atoms with Crippen LogP contribution in [0.2, 0.25) is 0 Å². The molecule has 1 aromatic carbocycles. The Morgan fingerprint density at radius 3 is 2.62 bits per heavy atom. The maximum atomic E-state index is 12.8. The fraction of sp³-hybridized carbons (Fsp3) is 0.636. The summed E-state index contributed by atoms with van der Waals surface area (Å²) in [6, 6.07) is 7.26. The molecule has 4 rings (SSSR count). The number of carbonyl (C=O) groups is 2. The van der Waals surface area contributed by atoms with Crippen LogP contribution in [0.15, 0.2) is 18.2 Å². The fourth-order valence-corrected chi connectivity index (χ4v) is 5.04. The number of carbonyl (C=O) groups excluding carboxylic acids is 2. The number of aryl methyl sites for hydroxylation is 2. The lowest BCUT2D eigenvalue weighted by atomic mass is 9.61. The lowest BCUT2D eigenvalue weighted by Crippen LogP contribution is -2.51. The molecule has 3 aliphatic rings. The van der Waals surface area contributed by atoms with E-state index in [1.165, 1.54) is 16.7 Å². The average Bonchev–Trinajstić information content (AvgIpc) is 2.93. The first-order valence-corrected chi connectivity index (χ1v) is 9.92. The van der Waals surface area contributed by atoms with Crippen LogP contribution >= 0.6 is 0 Å². The van der Waals surface area contributed by atoms with Gasteiger partial charge in [0.25, 0.3) is 0 Å². The van der Waals surface area contributed by atoms with E-state index in [1.54, 1.807) is 0 Å². The summed E-state index contributed by atoms with van der Waals surface area (Å²) in [4.78, 5) is 26.1. The normalized spacial score (nSPS) is 32.7. The van der Waals surface area contributed by atoms with Gasteiger partial charge in [0.05, 0.1) is 13.0 Å². The molecule has 0 atom stereocenters. The molecule has 1 aliphatic heterocycles. The largest absolute Gasteiger partial charge is 0.465 e. The minimum atomic E-state index is -0.101. The van der Waals surface area contributed by atoms with Gasteiger partial charge in [0.15, 0.2) is 0 Å². The highest BCUT2D eigenvalue weighted by Gasteiger charge is 2.53. The van der Waals surface area contributed by atoms with Gasteiger partial charge in [-0.1, -0.05) is 30.7 Å². The molecule has 1 spiro atoms. The summed E-state index contributed by atoms with van der Waals surface area (Å²) >= 11 is 0. The molecule has 0 N–H and O–H groups in total. The molecule has 2 saturated carbocycles. The van der Waals surface area contributed by atoms with Crippen LogP contribution in [-0.2, 0) is 20.7 Å². The number of amides is 1. The van der Waals surface area contributed by atoms with E-state index in [0.29, 0.717) is 25.0 Å². The number of cyclic esters (lactones) is 1. The molecule has 4 heteroatoms. The molecule has 1 amide bonds. The van der Waals surface area contributed by atoms with Crippen LogP contribution in [0.25, 0.3) is 0 Å². The molecule has 1 aromatic rings. The van der Waals surface area contributed by atoms with Crippen LogP contribution in [0.1, 0.15) is 61.6 Å². The van der Waals surface area contributed by atoms with E-state index in [-0.39, 0.29) is 23.2 Å². The summed E-state index contributed by atoms with van der Waals surface area (Å²) in [6.45, 7) is 4.87. The van der Waals surface area contributed by atoms with Gasteiger partial charge in [0.1, 0.15) is 0 Å². The molecular formula is C22H29NO3. The van der Waals surface area contributed by atoms with Crippen molar-refractivity contribution in [3.8, 4) is 0 Å². The summed E-state index contributed by atoms with van der Waals surface area (Å²) in [6.07, 6.45) is 5.33. The molecule has 1 saturated heterocycles. The van der Waals surface area contributed by atoms with E-state index < -0.39 is 0 Å². The van der Waals surface area contributed by atoms with Crippen molar-refractivity contribution < 1.29 is 14.3 Å². The quantitative estimate of drug-likeness (QED) is 0.775. The van der Waals surface area contributed by atoms with Gasteiger partial charge in [-0.15, -0.1) is 0 Å². The highest BCUT2D eigenvalue weighted by atomic mass is 16.5. The van der Waals surface area contributed by atoms with E-state index in [9.17, 15) is 9.59 Å². The van der Waals surface area contributed by atoms with Gasteiger partial charge in [0, 0.05) is 24.4 Å². The minimum Gasteiger partial charge on any atom is -0.465 e. The molecule has 0 aromatic heterocycles. The molecule has 1 heterocycles. The van der Waals surface area contributed by atoms with Crippen molar-refractivity contribution in [1.29, 1.82) is 0 Å². The van der Waals surface area contributed by atoms with Crippen molar-refractivity contribution in [3.63, 3.8) is 0 Å². The molecule has 3 fully saturated rings. The van der Waals surface area contributed by atoms with Gasteiger partial charge in [-0.3, -0.25) is 9.59 Å². The van der Waals surface area contributed by atoms with Gasteiger partial charge < -0.3 is 9.64 Å². The Labute approximate surface area is 155 Å². The molecule has 4 nitrogen and oxygen atoms in total. The Hall–Kier alpha value is -1.84. The van der Waals surface area contributed by atoms with Gasteiger partial charge in [-0.05, 0) is 56.1 Å². The van der Waals surface area contributed by atoms with Gasteiger partial charge in [-0.25, -0.2) is 0 Å². The Kier molecular flexibility index (Phi) is 4.32. The van der Waals surface area contributed by atoms with Gasteiger partial charge in [-0.2, -0.15) is 0 Å². The predicted octanol–water partition coefficient (Wildman–Crippen LogP) is 3.61. The maximum Gasteiger partial charge on any atom is 0.306 e. The lowest BCUT2D eigenvalue weighted by Gasteiger charge is -2.47. The van der Waals surface area contributed by atoms with E-state index in [4.69, 9.17) is 4.74 Å². The van der Waals surface area contributed by atoms with Crippen LogP contribution < -0.4 is 0 Å². The molecule has 2 aliphatic carbocycles. The molecule has 0 unspecified atom stereocenters. The van der Waals surface area contributed by atoms with Crippen LogP contribution in [0.5, 0.6) is 0 Å². The topological polar surface area (TPSA) is 46.6 Å². The predicted molar refractivity (Wildman–Crippen MR) is 99.8 cm³/mol.